The van der Waals surface area contributed by atoms with E-state index < -0.39 is 0 Å². The fourth-order valence-electron chi connectivity index (χ4n) is 3.12. The van der Waals surface area contributed by atoms with Crippen LogP contribution in [0.25, 0.3) is 0 Å². The van der Waals surface area contributed by atoms with Crippen LogP contribution >= 0.6 is 11.6 Å². The SMILES string of the molecule is O=[N+]([O-])c1cc(Cl)ccc1N1CC2CC=CCC2C1. The number of nitro groups is 1. The first-order valence-electron chi connectivity index (χ1n) is 6.49. The van der Waals surface area contributed by atoms with Gasteiger partial charge in [0.2, 0.25) is 0 Å². The Morgan fingerprint density at radius 3 is 2.42 bits per heavy atom. The van der Waals surface area contributed by atoms with Gasteiger partial charge in [0.05, 0.1) is 4.92 Å². The van der Waals surface area contributed by atoms with Gasteiger partial charge in [-0.25, -0.2) is 0 Å². The van der Waals surface area contributed by atoms with Gasteiger partial charge in [0.25, 0.3) is 5.69 Å². The first kappa shape index (κ1) is 12.5. The van der Waals surface area contributed by atoms with Gasteiger partial charge in [-0.05, 0) is 36.8 Å². The number of hydrogen-bond acceptors (Lipinski definition) is 3. The van der Waals surface area contributed by atoms with Crippen LogP contribution < -0.4 is 4.90 Å². The van der Waals surface area contributed by atoms with E-state index in [0.717, 1.165) is 25.9 Å². The second kappa shape index (κ2) is 4.85. The molecule has 1 fully saturated rings. The van der Waals surface area contributed by atoms with Gasteiger partial charge in [-0.1, -0.05) is 23.8 Å². The summed E-state index contributed by atoms with van der Waals surface area (Å²) in [4.78, 5) is 12.9. The van der Waals surface area contributed by atoms with Crippen LogP contribution in [0.1, 0.15) is 12.8 Å². The Hall–Kier alpha value is -1.55. The molecule has 1 aromatic carbocycles. The lowest BCUT2D eigenvalue weighted by atomic mass is 9.86. The number of halogens is 1. The minimum absolute atomic E-state index is 0.110. The Balaban J connectivity index is 1.89. The summed E-state index contributed by atoms with van der Waals surface area (Å²) in [6.45, 7) is 1.80. The second-order valence-corrected chi connectivity index (χ2v) is 5.69. The minimum Gasteiger partial charge on any atom is -0.365 e. The third-order valence-corrected chi connectivity index (χ3v) is 4.33. The molecule has 19 heavy (non-hydrogen) atoms. The van der Waals surface area contributed by atoms with E-state index >= 15 is 0 Å². The zero-order valence-electron chi connectivity index (χ0n) is 10.5. The van der Waals surface area contributed by atoms with E-state index in [1.54, 1.807) is 12.1 Å². The van der Waals surface area contributed by atoms with Gasteiger partial charge >= 0.3 is 0 Å². The number of rotatable bonds is 2. The molecule has 0 bridgehead atoms. The third-order valence-electron chi connectivity index (χ3n) is 4.10. The Morgan fingerprint density at radius 2 is 1.84 bits per heavy atom. The molecule has 1 aliphatic heterocycles. The molecule has 1 saturated heterocycles. The number of nitro benzene ring substituents is 1. The molecule has 1 aromatic rings. The predicted octanol–water partition coefficient (Wildman–Crippen LogP) is 3.65. The van der Waals surface area contributed by atoms with Crippen LogP contribution in [0.3, 0.4) is 0 Å². The topological polar surface area (TPSA) is 46.4 Å². The molecule has 1 heterocycles. The lowest BCUT2D eigenvalue weighted by Crippen LogP contribution is -2.20. The van der Waals surface area contributed by atoms with Crippen LogP contribution in [0.4, 0.5) is 11.4 Å². The molecule has 0 spiro atoms. The van der Waals surface area contributed by atoms with Crippen LogP contribution in [0, 0.1) is 22.0 Å². The van der Waals surface area contributed by atoms with Gasteiger partial charge in [-0.2, -0.15) is 0 Å². The molecule has 0 amide bonds. The number of hydrogen-bond donors (Lipinski definition) is 0. The molecule has 100 valence electrons. The van der Waals surface area contributed by atoms with Crippen molar-refractivity contribution in [2.75, 3.05) is 18.0 Å². The van der Waals surface area contributed by atoms with Crippen LogP contribution in [-0.2, 0) is 0 Å². The molecule has 0 radical (unpaired) electrons. The van der Waals surface area contributed by atoms with Crippen molar-refractivity contribution in [2.45, 2.75) is 12.8 Å². The minimum atomic E-state index is -0.346. The maximum Gasteiger partial charge on any atom is 0.294 e. The lowest BCUT2D eigenvalue weighted by Gasteiger charge is -2.18. The zero-order chi connectivity index (χ0) is 13.4. The molecule has 2 atom stereocenters. The molecule has 2 unspecified atom stereocenters. The van der Waals surface area contributed by atoms with E-state index in [9.17, 15) is 10.1 Å². The van der Waals surface area contributed by atoms with Crippen molar-refractivity contribution in [3.8, 4) is 0 Å². The molecule has 0 N–H and O–H groups in total. The zero-order valence-corrected chi connectivity index (χ0v) is 11.2. The first-order valence-corrected chi connectivity index (χ1v) is 6.87. The molecule has 2 aliphatic rings. The van der Waals surface area contributed by atoms with E-state index in [0.29, 0.717) is 22.5 Å². The van der Waals surface area contributed by atoms with E-state index in [1.165, 1.54) is 6.07 Å². The summed E-state index contributed by atoms with van der Waals surface area (Å²) >= 11 is 5.86. The molecule has 1 aliphatic carbocycles. The highest BCUT2D eigenvalue weighted by atomic mass is 35.5. The van der Waals surface area contributed by atoms with Gasteiger partial charge in [-0.3, -0.25) is 10.1 Å². The number of anilines is 1. The van der Waals surface area contributed by atoms with Gasteiger partial charge in [0.1, 0.15) is 5.69 Å². The molecule has 0 aromatic heterocycles. The predicted molar refractivity (Wildman–Crippen MR) is 75.7 cm³/mol. The Bertz CT molecular complexity index is 528. The van der Waals surface area contributed by atoms with E-state index in [1.807, 2.05) is 0 Å². The highest BCUT2D eigenvalue weighted by Gasteiger charge is 2.35. The van der Waals surface area contributed by atoms with Crippen LogP contribution in [0.2, 0.25) is 5.02 Å². The average molecular weight is 279 g/mol. The standard InChI is InChI=1S/C14H15ClN2O2/c15-12-5-6-13(14(7-12)17(18)19)16-8-10-3-1-2-4-11(10)9-16/h1-2,5-7,10-11H,3-4,8-9H2. The molecule has 4 nitrogen and oxygen atoms in total. The average Bonchev–Trinajstić information content (AvgIpc) is 2.82. The van der Waals surface area contributed by atoms with Crippen molar-refractivity contribution in [1.82, 2.24) is 0 Å². The van der Waals surface area contributed by atoms with E-state index in [2.05, 4.69) is 17.1 Å². The number of benzene rings is 1. The van der Waals surface area contributed by atoms with Gasteiger partial charge < -0.3 is 4.90 Å². The molecule has 0 saturated carbocycles. The summed E-state index contributed by atoms with van der Waals surface area (Å²) in [6, 6.07) is 4.94. The van der Waals surface area contributed by atoms with Crippen molar-refractivity contribution in [3.05, 3.63) is 45.5 Å². The summed E-state index contributed by atoms with van der Waals surface area (Å²) in [5, 5.41) is 11.6. The smallest absolute Gasteiger partial charge is 0.294 e. The van der Waals surface area contributed by atoms with Crippen LogP contribution in [-0.4, -0.2) is 18.0 Å². The highest BCUT2D eigenvalue weighted by molar-refractivity contribution is 6.30. The fourth-order valence-corrected chi connectivity index (χ4v) is 3.29. The Labute approximate surface area is 116 Å². The number of nitrogens with zero attached hydrogens (tertiary/aromatic N) is 2. The molecular weight excluding hydrogens is 264 g/mol. The summed E-state index contributed by atoms with van der Waals surface area (Å²) in [5.74, 6) is 1.25. The van der Waals surface area contributed by atoms with E-state index in [4.69, 9.17) is 11.6 Å². The van der Waals surface area contributed by atoms with Gasteiger partial charge in [0, 0.05) is 24.2 Å². The summed E-state index contributed by atoms with van der Waals surface area (Å²) in [7, 11) is 0. The second-order valence-electron chi connectivity index (χ2n) is 5.26. The maximum atomic E-state index is 11.2. The fraction of sp³-hybridized carbons (Fsp3) is 0.429. The summed E-state index contributed by atoms with van der Waals surface area (Å²) in [6.07, 6.45) is 6.62. The summed E-state index contributed by atoms with van der Waals surface area (Å²) in [5.41, 5.74) is 0.808. The van der Waals surface area contributed by atoms with Crippen molar-refractivity contribution in [1.29, 1.82) is 0 Å². The molecule has 5 heteroatoms. The van der Waals surface area contributed by atoms with Crippen molar-refractivity contribution in [2.24, 2.45) is 11.8 Å². The van der Waals surface area contributed by atoms with Gasteiger partial charge in [-0.15, -0.1) is 0 Å². The largest absolute Gasteiger partial charge is 0.365 e. The third kappa shape index (κ3) is 2.32. The first-order chi connectivity index (χ1) is 9.15. The van der Waals surface area contributed by atoms with Crippen molar-refractivity contribution in [3.63, 3.8) is 0 Å². The molecule has 3 rings (SSSR count). The van der Waals surface area contributed by atoms with E-state index in [-0.39, 0.29) is 10.6 Å². The Kier molecular flexibility index (Phi) is 3.19. The quantitative estimate of drug-likeness (QED) is 0.471. The van der Waals surface area contributed by atoms with Crippen LogP contribution in [0.15, 0.2) is 30.4 Å². The highest BCUT2D eigenvalue weighted by Crippen LogP contribution is 2.39. The number of fused-ring (bicyclic) bond motifs is 1. The van der Waals surface area contributed by atoms with Crippen LogP contribution in [0.5, 0.6) is 0 Å². The van der Waals surface area contributed by atoms with Crippen molar-refractivity contribution >= 4 is 23.0 Å². The van der Waals surface area contributed by atoms with Gasteiger partial charge in [0.15, 0.2) is 0 Å². The summed E-state index contributed by atoms with van der Waals surface area (Å²) < 4.78 is 0. The number of allylic oxidation sites excluding steroid dienone is 2. The monoisotopic (exact) mass is 278 g/mol. The van der Waals surface area contributed by atoms with Crippen molar-refractivity contribution < 1.29 is 4.92 Å². The molecular formula is C14H15ClN2O2. The normalized spacial score (nSPS) is 25.4. The lowest BCUT2D eigenvalue weighted by molar-refractivity contribution is -0.384. The maximum absolute atomic E-state index is 11.2. The Morgan fingerprint density at radius 1 is 1.21 bits per heavy atom.